The SMILES string of the molecule is O=C(COC(=O)c1cc(Br)ccc1F)NCc1ccccc1Cl. The smallest absolute Gasteiger partial charge is 0.341 e. The average molecular weight is 401 g/mol. The van der Waals surface area contributed by atoms with Gasteiger partial charge in [-0.05, 0) is 29.8 Å². The second-order valence-electron chi connectivity index (χ2n) is 4.57. The summed E-state index contributed by atoms with van der Waals surface area (Å²) in [5.41, 5.74) is 0.505. The van der Waals surface area contributed by atoms with Crippen molar-refractivity contribution in [2.75, 3.05) is 6.61 Å². The van der Waals surface area contributed by atoms with E-state index < -0.39 is 24.3 Å². The molecule has 0 atom stereocenters. The van der Waals surface area contributed by atoms with E-state index in [2.05, 4.69) is 21.2 Å². The van der Waals surface area contributed by atoms with Gasteiger partial charge >= 0.3 is 5.97 Å². The Labute approximate surface area is 145 Å². The molecule has 1 amide bonds. The first kappa shape index (κ1) is 17.4. The standard InChI is InChI=1S/C16H12BrClFNO3/c17-11-5-6-14(19)12(7-11)16(22)23-9-15(21)20-8-10-3-1-2-4-13(10)18/h1-7H,8-9H2,(H,20,21). The predicted molar refractivity (Wildman–Crippen MR) is 87.7 cm³/mol. The van der Waals surface area contributed by atoms with Crippen LogP contribution in [0.4, 0.5) is 4.39 Å². The van der Waals surface area contributed by atoms with E-state index in [0.29, 0.717) is 9.50 Å². The zero-order chi connectivity index (χ0) is 16.8. The fraction of sp³-hybridized carbons (Fsp3) is 0.125. The Morgan fingerprint density at radius 2 is 1.96 bits per heavy atom. The van der Waals surface area contributed by atoms with Gasteiger partial charge in [-0.15, -0.1) is 0 Å². The molecule has 0 heterocycles. The number of hydrogen-bond donors (Lipinski definition) is 1. The van der Waals surface area contributed by atoms with Gasteiger partial charge in [0, 0.05) is 16.0 Å². The van der Waals surface area contributed by atoms with Gasteiger partial charge in [-0.3, -0.25) is 4.79 Å². The van der Waals surface area contributed by atoms with Gasteiger partial charge in [-0.2, -0.15) is 0 Å². The van der Waals surface area contributed by atoms with Crippen LogP contribution in [0.25, 0.3) is 0 Å². The molecule has 2 aromatic carbocycles. The lowest BCUT2D eigenvalue weighted by Crippen LogP contribution is -2.28. The molecule has 0 fully saturated rings. The minimum Gasteiger partial charge on any atom is -0.452 e. The van der Waals surface area contributed by atoms with Gasteiger partial charge in [0.05, 0.1) is 5.56 Å². The van der Waals surface area contributed by atoms with Crippen molar-refractivity contribution in [1.29, 1.82) is 0 Å². The summed E-state index contributed by atoms with van der Waals surface area (Å²) in [6, 6.07) is 10.9. The summed E-state index contributed by atoms with van der Waals surface area (Å²) < 4.78 is 18.9. The number of carbonyl (C=O) groups is 2. The molecule has 0 aliphatic carbocycles. The van der Waals surface area contributed by atoms with Crippen LogP contribution in [-0.4, -0.2) is 18.5 Å². The molecule has 0 aromatic heterocycles. The van der Waals surface area contributed by atoms with Crippen LogP contribution in [0.1, 0.15) is 15.9 Å². The van der Waals surface area contributed by atoms with Gasteiger partial charge in [0.15, 0.2) is 6.61 Å². The van der Waals surface area contributed by atoms with Crippen LogP contribution in [0.3, 0.4) is 0 Å². The normalized spacial score (nSPS) is 10.2. The Kier molecular flexibility index (Phi) is 6.12. The molecule has 1 N–H and O–H groups in total. The summed E-state index contributed by atoms with van der Waals surface area (Å²) in [7, 11) is 0. The van der Waals surface area contributed by atoms with Crippen LogP contribution in [0.5, 0.6) is 0 Å². The number of carbonyl (C=O) groups excluding carboxylic acids is 2. The van der Waals surface area contributed by atoms with Crippen LogP contribution in [0.2, 0.25) is 5.02 Å². The summed E-state index contributed by atoms with van der Waals surface area (Å²) in [6.07, 6.45) is 0. The van der Waals surface area contributed by atoms with Crippen molar-refractivity contribution in [3.63, 3.8) is 0 Å². The number of benzene rings is 2. The predicted octanol–water partition coefficient (Wildman–Crippen LogP) is 3.71. The lowest BCUT2D eigenvalue weighted by molar-refractivity contribution is -0.124. The first-order chi connectivity index (χ1) is 11.0. The first-order valence-corrected chi connectivity index (χ1v) is 7.77. The highest BCUT2D eigenvalue weighted by Crippen LogP contribution is 2.16. The summed E-state index contributed by atoms with van der Waals surface area (Å²) in [5, 5.41) is 3.10. The maximum absolute atomic E-state index is 13.5. The fourth-order valence-corrected chi connectivity index (χ4v) is 2.31. The van der Waals surface area contributed by atoms with E-state index in [1.54, 1.807) is 24.3 Å². The second-order valence-corrected chi connectivity index (χ2v) is 5.89. The Morgan fingerprint density at radius 3 is 2.70 bits per heavy atom. The Morgan fingerprint density at radius 1 is 1.22 bits per heavy atom. The molecule has 0 saturated heterocycles. The molecule has 0 unspecified atom stereocenters. The molecule has 7 heteroatoms. The van der Waals surface area contributed by atoms with E-state index in [4.69, 9.17) is 16.3 Å². The number of rotatable bonds is 5. The highest BCUT2D eigenvalue weighted by molar-refractivity contribution is 9.10. The molecule has 4 nitrogen and oxygen atoms in total. The maximum Gasteiger partial charge on any atom is 0.341 e. The quantitative estimate of drug-likeness (QED) is 0.779. The van der Waals surface area contributed by atoms with Crippen LogP contribution >= 0.6 is 27.5 Å². The van der Waals surface area contributed by atoms with Crippen molar-refractivity contribution in [2.45, 2.75) is 6.54 Å². The van der Waals surface area contributed by atoms with Crippen molar-refractivity contribution in [3.8, 4) is 0 Å². The number of ether oxygens (including phenoxy) is 1. The lowest BCUT2D eigenvalue weighted by Gasteiger charge is -2.08. The second kappa shape index (κ2) is 8.08. The van der Waals surface area contributed by atoms with E-state index >= 15 is 0 Å². The number of amides is 1. The molecule has 0 radical (unpaired) electrons. The average Bonchev–Trinajstić information content (AvgIpc) is 2.54. The summed E-state index contributed by atoms with van der Waals surface area (Å²) in [6.45, 7) is -0.295. The van der Waals surface area contributed by atoms with Crippen molar-refractivity contribution in [3.05, 3.63) is 68.9 Å². The van der Waals surface area contributed by atoms with Crippen LogP contribution in [0, 0.1) is 5.82 Å². The Balaban J connectivity index is 1.86. The van der Waals surface area contributed by atoms with Crippen LogP contribution in [0.15, 0.2) is 46.9 Å². The molecule has 23 heavy (non-hydrogen) atoms. The minimum atomic E-state index is -0.906. The van der Waals surface area contributed by atoms with Gasteiger partial charge in [-0.1, -0.05) is 45.7 Å². The fourth-order valence-electron chi connectivity index (χ4n) is 1.75. The lowest BCUT2D eigenvalue weighted by atomic mass is 10.2. The summed E-state index contributed by atoms with van der Waals surface area (Å²) in [4.78, 5) is 23.4. The molecule has 120 valence electrons. The molecule has 2 aromatic rings. The number of nitrogens with one attached hydrogen (secondary N) is 1. The molecular formula is C16H12BrClFNO3. The van der Waals surface area contributed by atoms with Gasteiger partial charge in [0.2, 0.25) is 0 Å². The number of halogens is 3. The minimum absolute atomic E-state index is 0.210. The topological polar surface area (TPSA) is 55.4 Å². The molecule has 0 aliphatic heterocycles. The third-order valence-corrected chi connectivity index (χ3v) is 3.78. The first-order valence-electron chi connectivity index (χ1n) is 6.59. The highest BCUT2D eigenvalue weighted by atomic mass is 79.9. The number of esters is 1. The molecule has 0 aliphatic rings. The van der Waals surface area contributed by atoms with E-state index in [9.17, 15) is 14.0 Å². The molecule has 2 rings (SSSR count). The Bertz CT molecular complexity index is 739. The Hall–Kier alpha value is -1.92. The highest BCUT2D eigenvalue weighted by Gasteiger charge is 2.15. The largest absolute Gasteiger partial charge is 0.452 e. The van der Waals surface area contributed by atoms with Crippen molar-refractivity contribution < 1.29 is 18.7 Å². The maximum atomic E-state index is 13.5. The van der Waals surface area contributed by atoms with Gasteiger partial charge in [0.1, 0.15) is 5.82 Å². The molecule has 0 spiro atoms. The van der Waals surface area contributed by atoms with Gasteiger partial charge in [-0.25, -0.2) is 9.18 Å². The third-order valence-electron chi connectivity index (χ3n) is 2.92. The van der Waals surface area contributed by atoms with E-state index in [1.807, 2.05) is 0 Å². The van der Waals surface area contributed by atoms with Crippen molar-refractivity contribution >= 4 is 39.4 Å². The third kappa shape index (κ3) is 5.04. The zero-order valence-corrected chi connectivity index (χ0v) is 14.2. The van der Waals surface area contributed by atoms with E-state index in [-0.39, 0.29) is 12.1 Å². The van der Waals surface area contributed by atoms with Crippen molar-refractivity contribution in [2.24, 2.45) is 0 Å². The number of hydrogen-bond acceptors (Lipinski definition) is 3. The van der Waals surface area contributed by atoms with Crippen LogP contribution < -0.4 is 5.32 Å². The molecule has 0 bridgehead atoms. The van der Waals surface area contributed by atoms with Gasteiger partial charge < -0.3 is 10.1 Å². The van der Waals surface area contributed by atoms with Crippen LogP contribution in [-0.2, 0) is 16.1 Å². The van der Waals surface area contributed by atoms with Gasteiger partial charge in [0.25, 0.3) is 5.91 Å². The monoisotopic (exact) mass is 399 g/mol. The summed E-state index contributed by atoms with van der Waals surface area (Å²) in [5.74, 6) is -2.12. The van der Waals surface area contributed by atoms with Crippen molar-refractivity contribution in [1.82, 2.24) is 5.32 Å². The zero-order valence-electron chi connectivity index (χ0n) is 11.8. The molecule has 0 saturated carbocycles. The summed E-state index contributed by atoms with van der Waals surface area (Å²) >= 11 is 9.10. The van der Waals surface area contributed by atoms with E-state index in [1.165, 1.54) is 12.1 Å². The molecular weight excluding hydrogens is 389 g/mol. The van der Waals surface area contributed by atoms with E-state index in [0.717, 1.165) is 11.6 Å².